The van der Waals surface area contributed by atoms with E-state index in [4.69, 9.17) is 0 Å². The molecule has 3 aromatic rings. The molecule has 2 aromatic carbocycles. The van der Waals surface area contributed by atoms with E-state index in [2.05, 4.69) is 11.1 Å². The van der Waals surface area contributed by atoms with Gasteiger partial charge in [0.2, 0.25) is 5.91 Å². The molecule has 0 radical (unpaired) electrons. The molecule has 0 aliphatic rings. The minimum Gasteiger partial charge on any atom is -0.340 e. The molecule has 0 fully saturated rings. The van der Waals surface area contributed by atoms with Gasteiger partial charge in [-0.15, -0.1) is 0 Å². The molecule has 140 valence electrons. The molecule has 1 atom stereocenters. The Morgan fingerprint density at radius 1 is 1.26 bits per heavy atom. The van der Waals surface area contributed by atoms with E-state index in [9.17, 15) is 9.18 Å². The van der Waals surface area contributed by atoms with Crippen LogP contribution in [0.2, 0.25) is 0 Å². The summed E-state index contributed by atoms with van der Waals surface area (Å²) in [4.78, 5) is 18.8. The average Bonchev–Trinajstić information content (AvgIpc) is 3.09. The zero-order valence-electron chi connectivity index (χ0n) is 15.6. The van der Waals surface area contributed by atoms with E-state index < -0.39 is 0 Å². The fourth-order valence-electron chi connectivity index (χ4n) is 2.86. The first-order valence-corrected chi connectivity index (χ1v) is 9.58. The Labute approximate surface area is 163 Å². The average molecular weight is 383 g/mol. The molecule has 27 heavy (non-hydrogen) atoms. The molecule has 3 rings (SSSR count). The maximum absolute atomic E-state index is 13.3. The van der Waals surface area contributed by atoms with Crippen LogP contribution in [0, 0.1) is 12.7 Å². The lowest BCUT2D eigenvalue weighted by atomic mass is 10.2. The predicted molar refractivity (Wildman–Crippen MR) is 106 cm³/mol. The van der Waals surface area contributed by atoms with E-state index in [1.165, 1.54) is 23.9 Å². The Hall–Kier alpha value is -2.60. The Morgan fingerprint density at radius 2 is 2.04 bits per heavy atom. The molecular formula is C21H22FN3OS. The highest BCUT2D eigenvalue weighted by Gasteiger charge is 2.21. The molecular weight excluding hydrogens is 361 g/mol. The van der Waals surface area contributed by atoms with Crippen molar-refractivity contribution in [1.82, 2.24) is 14.5 Å². The molecule has 0 N–H and O–H groups in total. The number of aromatic nitrogens is 2. The first-order chi connectivity index (χ1) is 12.9. The highest BCUT2D eigenvalue weighted by Crippen LogP contribution is 2.26. The van der Waals surface area contributed by atoms with Crippen molar-refractivity contribution in [2.75, 3.05) is 7.05 Å². The van der Waals surface area contributed by atoms with Gasteiger partial charge >= 0.3 is 0 Å². The van der Waals surface area contributed by atoms with Crippen molar-refractivity contribution in [3.05, 3.63) is 77.9 Å². The lowest BCUT2D eigenvalue weighted by molar-refractivity contribution is -0.129. The van der Waals surface area contributed by atoms with Crippen LogP contribution < -0.4 is 0 Å². The molecule has 0 spiro atoms. The van der Waals surface area contributed by atoms with Gasteiger partial charge in [-0.3, -0.25) is 9.36 Å². The zero-order chi connectivity index (χ0) is 19.4. The van der Waals surface area contributed by atoms with E-state index in [1.807, 2.05) is 48.9 Å². The monoisotopic (exact) mass is 383 g/mol. The summed E-state index contributed by atoms with van der Waals surface area (Å²) in [5, 5.41) is 0.454. The molecule has 1 amide bonds. The predicted octanol–water partition coefficient (Wildman–Crippen LogP) is 4.46. The van der Waals surface area contributed by atoms with Gasteiger partial charge < -0.3 is 4.90 Å². The van der Waals surface area contributed by atoms with Crippen LogP contribution in [0.5, 0.6) is 0 Å². The smallest absolute Gasteiger partial charge is 0.235 e. The zero-order valence-corrected chi connectivity index (χ0v) is 16.4. The lowest BCUT2D eigenvalue weighted by Crippen LogP contribution is -2.33. The number of carbonyl (C=O) groups excluding carboxylic acids is 1. The van der Waals surface area contributed by atoms with Crippen LogP contribution in [0.15, 0.2) is 66.1 Å². The Morgan fingerprint density at radius 3 is 2.78 bits per heavy atom. The number of halogens is 1. The highest BCUT2D eigenvalue weighted by atomic mass is 32.2. The van der Waals surface area contributed by atoms with Crippen LogP contribution in [0.25, 0.3) is 5.69 Å². The summed E-state index contributed by atoms with van der Waals surface area (Å²) in [7, 11) is 1.73. The van der Waals surface area contributed by atoms with Crippen molar-refractivity contribution in [3.8, 4) is 5.69 Å². The molecule has 1 heterocycles. The molecule has 0 aliphatic heterocycles. The normalized spacial score (nSPS) is 12.0. The van der Waals surface area contributed by atoms with Crippen LogP contribution in [0.3, 0.4) is 0 Å². The Bertz CT molecular complexity index is 940. The number of amides is 1. The molecule has 1 aromatic heterocycles. The van der Waals surface area contributed by atoms with Crippen molar-refractivity contribution < 1.29 is 9.18 Å². The third kappa shape index (κ3) is 4.77. The van der Waals surface area contributed by atoms with E-state index in [1.54, 1.807) is 24.2 Å². The minimum atomic E-state index is -0.311. The number of hydrogen-bond acceptors (Lipinski definition) is 3. The largest absolute Gasteiger partial charge is 0.340 e. The Kier molecular flexibility index (Phi) is 5.96. The number of carbonyl (C=O) groups is 1. The van der Waals surface area contributed by atoms with Crippen LogP contribution in [-0.4, -0.2) is 32.7 Å². The minimum absolute atomic E-state index is 0.0250. The second-order valence-corrected chi connectivity index (χ2v) is 7.81. The van der Waals surface area contributed by atoms with Gasteiger partial charge in [-0.1, -0.05) is 36.0 Å². The SMILES string of the molecule is Cc1cccc(-n2ccnc2SC(C)C(=O)N(C)Cc2cccc(F)c2)c1. The first-order valence-electron chi connectivity index (χ1n) is 8.70. The summed E-state index contributed by atoms with van der Waals surface area (Å²) in [5.41, 5.74) is 2.95. The summed E-state index contributed by atoms with van der Waals surface area (Å²) < 4.78 is 15.3. The van der Waals surface area contributed by atoms with E-state index in [-0.39, 0.29) is 17.0 Å². The van der Waals surface area contributed by atoms with Gasteiger partial charge in [-0.05, 0) is 49.2 Å². The van der Waals surface area contributed by atoms with Crippen LogP contribution >= 0.6 is 11.8 Å². The number of benzene rings is 2. The summed E-state index contributed by atoms with van der Waals surface area (Å²) in [6.45, 7) is 4.28. The fourth-order valence-corrected chi connectivity index (χ4v) is 3.86. The fraction of sp³-hybridized carbons (Fsp3) is 0.238. The number of rotatable bonds is 6. The van der Waals surface area contributed by atoms with Gasteiger partial charge in [0.25, 0.3) is 0 Å². The van der Waals surface area contributed by atoms with E-state index in [0.29, 0.717) is 6.54 Å². The van der Waals surface area contributed by atoms with Gasteiger partial charge in [-0.2, -0.15) is 0 Å². The summed E-state index contributed by atoms with van der Waals surface area (Å²) in [6.07, 6.45) is 3.63. The molecule has 6 heteroatoms. The number of aryl methyl sites for hydroxylation is 1. The van der Waals surface area contributed by atoms with Crippen molar-refractivity contribution in [1.29, 1.82) is 0 Å². The molecule has 0 saturated carbocycles. The van der Waals surface area contributed by atoms with Gasteiger partial charge in [0.1, 0.15) is 5.82 Å². The molecule has 1 unspecified atom stereocenters. The third-order valence-corrected chi connectivity index (χ3v) is 5.27. The third-order valence-electron chi connectivity index (χ3n) is 4.20. The standard InChI is InChI=1S/C21H22FN3OS/c1-15-6-4-9-19(12-15)25-11-10-23-21(25)27-16(2)20(26)24(3)14-17-7-5-8-18(22)13-17/h4-13,16H,14H2,1-3H3. The molecule has 0 saturated heterocycles. The molecule has 4 nitrogen and oxygen atoms in total. The number of imidazole rings is 1. The first kappa shape index (κ1) is 19.2. The van der Waals surface area contributed by atoms with Crippen molar-refractivity contribution >= 4 is 17.7 Å². The quantitative estimate of drug-likeness (QED) is 0.590. The van der Waals surface area contributed by atoms with Crippen LogP contribution in [-0.2, 0) is 11.3 Å². The van der Waals surface area contributed by atoms with Crippen LogP contribution in [0.4, 0.5) is 4.39 Å². The summed E-state index contributed by atoms with van der Waals surface area (Å²) >= 11 is 1.41. The van der Waals surface area contributed by atoms with E-state index >= 15 is 0 Å². The number of hydrogen-bond donors (Lipinski definition) is 0. The summed E-state index contributed by atoms with van der Waals surface area (Å²) in [5.74, 6) is -0.320. The van der Waals surface area contributed by atoms with E-state index in [0.717, 1.165) is 22.0 Å². The molecule has 0 aliphatic carbocycles. The number of thioether (sulfide) groups is 1. The van der Waals surface area contributed by atoms with Crippen molar-refractivity contribution in [3.63, 3.8) is 0 Å². The second-order valence-electron chi connectivity index (χ2n) is 6.50. The van der Waals surface area contributed by atoms with Crippen molar-refractivity contribution in [2.24, 2.45) is 0 Å². The van der Waals surface area contributed by atoms with Gasteiger partial charge in [0, 0.05) is 31.7 Å². The number of nitrogens with zero attached hydrogens (tertiary/aromatic N) is 3. The Balaban J connectivity index is 1.69. The maximum atomic E-state index is 13.3. The topological polar surface area (TPSA) is 38.1 Å². The lowest BCUT2D eigenvalue weighted by Gasteiger charge is -2.21. The highest BCUT2D eigenvalue weighted by molar-refractivity contribution is 8.00. The van der Waals surface area contributed by atoms with Crippen LogP contribution in [0.1, 0.15) is 18.1 Å². The second kappa shape index (κ2) is 8.39. The van der Waals surface area contributed by atoms with Gasteiger partial charge in [0.05, 0.1) is 5.25 Å². The van der Waals surface area contributed by atoms with Crippen molar-refractivity contribution in [2.45, 2.75) is 30.8 Å². The van der Waals surface area contributed by atoms with Gasteiger partial charge in [-0.25, -0.2) is 9.37 Å². The maximum Gasteiger partial charge on any atom is 0.235 e. The summed E-state index contributed by atoms with van der Waals surface area (Å²) in [6, 6.07) is 14.5. The van der Waals surface area contributed by atoms with Gasteiger partial charge in [0.15, 0.2) is 5.16 Å². The molecule has 0 bridgehead atoms.